The number of rotatable bonds is 3. The molecule has 1 N–H and O–H groups in total. The van der Waals surface area contributed by atoms with Crippen molar-refractivity contribution in [3.05, 3.63) is 39.8 Å². The average Bonchev–Trinajstić information content (AvgIpc) is 2.84. The van der Waals surface area contributed by atoms with Gasteiger partial charge in [-0.3, -0.25) is 4.68 Å². The molecular weight excluding hydrogens is 208 g/mol. The van der Waals surface area contributed by atoms with E-state index in [1.165, 1.54) is 0 Å². The van der Waals surface area contributed by atoms with Crippen LogP contribution in [0.1, 0.15) is 29.8 Å². The molecule has 0 aliphatic rings. The van der Waals surface area contributed by atoms with Gasteiger partial charge >= 0.3 is 0 Å². The molecule has 0 fully saturated rings. The third-order valence-electron chi connectivity index (χ3n) is 2.43. The number of aliphatic hydroxyl groups is 1. The maximum atomic E-state index is 10.2. The average molecular weight is 222 g/mol. The molecule has 0 aliphatic heterocycles. The molecule has 1 atom stereocenters. The number of nitrogens with zero attached hydrogens (tertiary/aromatic N) is 2. The van der Waals surface area contributed by atoms with Crippen LogP contribution in [0.2, 0.25) is 0 Å². The first-order chi connectivity index (χ1) is 7.22. The van der Waals surface area contributed by atoms with Crippen molar-refractivity contribution in [1.29, 1.82) is 0 Å². The van der Waals surface area contributed by atoms with E-state index in [2.05, 4.69) is 5.10 Å². The maximum Gasteiger partial charge on any atom is 0.108 e. The van der Waals surface area contributed by atoms with Crippen molar-refractivity contribution in [2.45, 2.75) is 19.4 Å². The van der Waals surface area contributed by atoms with E-state index >= 15 is 0 Å². The van der Waals surface area contributed by atoms with E-state index in [4.69, 9.17) is 0 Å². The van der Waals surface area contributed by atoms with E-state index in [1.807, 2.05) is 37.0 Å². The number of thiophene rings is 1. The molecule has 0 amide bonds. The summed E-state index contributed by atoms with van der Waals surface area (Å²) in [5.74, 6) is 0. The predicted octanol–water partition coefficient (Wildman–Crippen LogP) is 2.13. The van der Waals surface area contributed by atoms with Crippen molar-refractivity contribution in [1.82, 2.24) is 9.78 Å². The molecule has 4 heteroatoms. The molecule has 1 unspecified atom stereocenters. The summed E-state index contributed by atoms with van der Waals surface area (Å²) in [6.45, 7) is 2.05. The lowest BCUT2D eigenvalue weighted by Gasteiger charge is -2.07. The van der Waals surface area contributed by atoms with Gasteiger partial charge in [0, 0.05) is 18.8 Å². The lowest BCUT2D eigenvalue weighted by atomic mass is 10.0. The van der Waals surface area contributed by atoms with Crippen LogP contribution < -0.4 is 0 Å². The summed E-state index contributed by atoms with van der Waals surface area (Å²) < 4.78 is 1.75. The smallest absolute Gasteiger partial charge is 0.108 e. The number of aliphatic hydroxyl groups excluding tert-OH is 1. The van der Waals surface area contributed by atoms with Crippen molar-refractivity contribution < 1.29 is 5.11 Å². The number of aromatic nitrogens is 2. The third kappa shape index (κ3) is 1.96. The molecule has 3 nitrogen and oxygen atoms in total. The molecule has 15 heavy (non-hydrogen) atoms. The van der Waals surface area contributed by atoms with Crippen molar-refractivity contribution in [3.63, 3.8) is 0 Å². The second-order valence-corrected chi connectivity index (χ2v) is 4.30. The van der Waals surface area contributed by atoms with Gasteiger partial charge < -0.3 is 5.11 Å². The Morgan fingerprint density at radius 3 is 3.00 bits per heavy atom. The van der Waals surface area contributed by atoms with Crippen LogP contribution in [0, 0.1) is 0 Å². The first kappa shape index (κ1) is 10.4. The van der Waals surface area contributed by atoms with Crippen molar-refractivity contribution in [2.24, 2.45) is 7.05 Å². The van der Waals surface area contributed by atoms with E-state index in [0.29, 0.717) is 0 Å². The van der Waals surface area contributed by atoms with Gasteiger partial charge in [0.15, 0.2) is 0 Å². The van der Waals surface area contributed by atoms with Gasteiger partial charge in [-0.25, -0.2) is 0 Å². The van der Waals surface area contributed by atoms with Crippen molar-refractivity contribution in [2.75, 3.05) is 0 Å². The van der Waals surface area contributed by atoms with E-state index < -0.39 is 6.10 Å². The lowest BCUT2D eigenvalue weighted by Crippen LogP contribution is -2.00. The van der Waals surface area contributed by atoms with Crippen LogP contribution >= 0.6 is 11.3 Å². The second kappa shape index (κ2) is 4.16. The van der Waals surface area contributed by atoms with Gasteiger partial charge in [-0.2, -0.15) is 16.4 Å². The molecule has 0 radical (unpaired) electrons. The van der Waals surface area contributed by atoms with Gasteiger partial charge in [0.1, 0.15) is 6.10 Å². The fourth-order valence-electron chi connectivity index (χ4n) is 1.67. The fourth-order valence-corrected chi connectivity index (χ4v) is 2.35. The Morgan fingerprint density at radius 2 is 2.40 bits per heavy atom. The first-order valence-electron chi connectivity index (χ1n) is 4.95. The van der Waals surface area contributed by atoms with Crippen LogP contribution in [-0.2, 0) is 13.5 Å². The monoisotopic (exact) mass is 222 g/mol. The van der Waals surface area contributed by atoms with Crippen LogP contribution in [0.25, 0.3) is 0 Å². The van der Waals surface area contributed by atoms with Crippen LogP contribution in [0.5, 0.6) is 0 Å². The molecule has 2 rings (SSSR count). The largest absolute Gasteiger partial charge is 0.383 e. The van der Waals surface area contributed by atoms with E-state index in [0.717, 1.165) is 23.2 Å². The summed E-state index contributed by atoms with van der Waals surface area (Å²) in [7, 11) is 1.88. The SMILES string of the molecule is CCc1nn(C)cc1C(O)c1ccsc1. The summed E-state index contributed by atoms with van der Waals surface area (Å²) in [4.78, 5) is 0. The van der Waals surface area contributed by atoms with Crippen molar-refractivity contribution in [3.8, 4) is 0 Å². The summed E-state index contributed by atoms with van der Waals surface area (Å²) in [6, 6.07) is 1.95. The molecule has 0 saturated carbocycles. The van der Waals surface area contributed by atoms with Gasteiger partial charge in [-0.15, -0.1) is 0 Å². The summed E-state index contributed by atoms with van der Waals surface area (Å²) in [6.07, 6.45) is 2.19. The zero-order valence-electron chi connectivity index (χ0n) is 8.84. The molecule has 0 saturated heterocycles. The maximum absolute atomic E-state index is 10.2. The molecular formula is C11H14N2OS. The van der Waals surface area contributed by atoms with Gasteiger partial charge in [-0.1, -0.05) is 6.92 Å². The topological polar surface area (TPSA) is 38.0 Å². The third-order valence-corrected chi connectivity index (χ3v) is 3.13. The highest BCUT2D eigenvalue weighted by molar-refractivity contribution is 7.07. The molecule has 0 aromatic carbocycles. The molecule has 2 aromatic rings. The minimum absolute atomic E-state index is 0.542. The number of hydrogen-bond acceptors (Lipinski definition) is 3. The quantitative estimate of drug-likeness (QED) is 0.864. The van der Waals surface area contributed by atoms with Gasteiger partial charge in [0.2, 0.25) is 0 Å². The standard InChI is InChI=1S/C11H14N2OS/c1-3-10-9(6-13(2)12-10)11(14)8-4-5-15-7-8/h4-7,11,14H,3H2,1-2H3. The normalized spacial score (nSPS) is 13.0. The summed E-state index contributed by atoms with van der Waals surface area (Å²) in [5.41, 5.74) is 2.83. The Balaban J connectivity index is 2.36. The van der Waals surface area contributed by atoms with Crippen LogP contribution in [0.3, 0.4) is 0 Å². The minimum atomic E-state index is -0.542. The fraction of sp³-hybridized carbons (Fsp3) is 0.364. The Morgan fingerprint density at radius 1 is 1.60 bits per heavy atom. The minimum Gasteiger partial charge on any atom is -0.383 e. The zero-order valence-corrected chi connectivity index (χ0v) is 9.66. The predicted molar refractivity (Wildman–Crippen MR) is 61.0 cm³/mol. The van der Waals surface area contributed by atoms with Crippen LogP contribution in [-0.4, -0.2) is 14.9 Å². The summed E-state index contributed by atoms with van der Waals surface area (Å²) >= 11 is 1.60. The molecule has 0 spiro atoms. The lowest BCUT2D eigenvalue weighted by molar-refractivity contribution is 0.219. The highest BCUT2D eigenvalue weighted by atomic mass is 32.1. The zero-order chi connectivity index (χ0) is 10.8. The van der Waals surface area contributed by atoms with Gasteiger partial charge in [-0.05, 0) is 28.8 Å². The van der Waals surface area contributed by atoms with E-state index in [1.54, 1.807) is 16.0 Å². The van der Waals surface area contributed by atoms with Gasteiger partial charge in [0.25, 0.3) is 0 Å². The van der Waals surface area contributed by atoms with Gasteiger partial charge in [0.05, 0.1) is 5.69 Å². The van der Waals surface area contributed by atoms with Crippen LogP contribution in [0.4, 0.5) is 0 Å². The van der Waals surface area contributed by atoms with E-state index in [9.17, 15) is 5.11 Å². The highest BCUT2D eigenvalue weighted by Gasteiger charge is 2.16. The summed E-state index contributed by atoms with van der Waals surface area (Å²) in [5, 5.41) is 18.4. The number of hydrogen-bond donors (Lipinski definition) is 1. The van der Waals surface area contributed by atoms with Crippen LogP contribution in [0.15, 0.2) is 23.0 Å². The first-order valence-corrected chi connectivity index (χ1v) is 5.89. The van der Waals surface area contributed by atoms with E-state index in [-0.39, 0.29) is 0 Å². The Kier molecular flexibility index (Phi) is 2.88. The molecule has 2 heterocycles. The Bertz CT molecular complexity index is 433. The second-order valence-electron chi connectivity index (χ2n) is 3.52. The Labute approximate surface area is 93.0 Å². The molecule has 2 aromatic heterocycles. The molecule has 80 valence electrons. The number of aryl methyl sites for hydroxylation is 2. The molecule has 0 aliphatic carbocycles. The Hall–Kier alpha value is -1.13. The van der Waals surface area contributed by atoms with Crippen molar-refractivity contribution >= 4 is 11.3 Å². The highest BCUT2D eigenvalue weighted by Crippen LogP contribution is 2.26. The molecule has 0 bridgehead atoms.